The van der Waals surface area contributed by atoms with Crippen molar-refractivity contribution in [2.75, 3.05) is 23.3 Å². The van der Waals surface area contributed by atoms with Gasteiger partial charge in [0.05, 0.1) is 5.41 Å². The van der Waals surface area contributed by atoms with Crippen LogP contribution in [0.25, 0.3) is 10.9 Å². The van der Waals surface area contributed by atoms with E-state index in [-0.39, 0.29) is 5.91 Å². The Balaban J connectivity index is 1.80. The van der Waals surface area contributed by atoms with E-state index < -0.39 is 5.41 Å². The first kappa shape index (κ1) is 18.1. The highest BCUT2D eigenvalue weighted by Gasteiger charge is 2.32. The summed E-state index contributed by atoms with van der Waals surface area (Å²) in [5, 5.41) is 4.15. The minimum absolute atomic E-state index is 0.0159. The molecule has 0 fully saturated rings. The third kappa shape index (κ3) is 3.32. The molecule has 0 unspecified atom stereocenters. The van der Waals surface area contributed by atoms with Gasteiger partial charge < -0.3 is 15.2 Å². The van der Waals surface area contributed by atoms with E-state index in [1.807, 2.05) is 50.4 Å². The molecule has 0 saturated heterocycles. The highest BCUT2D eigenvalue weighted by molar-refractivity contribution is 6.01. The summed E-state index contributed by atoms with van der Waals surface area (Å²) in [4.78, 5) is 18.5. The van der Waals surface area contributed by atoms with Gasteiger partial charge in [-0.2, -0.15) is 0 Å². The van der Waals surface area contributed by atoms with Crippen molar-refractivity contribution in [3.05, 3.63) is 60.3 Å². The molecule has 0 atom stereocenters. The monoisotopic (exact) mass is 349 g/mol. The van der Waals surface area contributed by atoms with E-state index in [9.17, 15) is 4.79 Å². The summed E-state index contributed by atoms with van der Waals surface area (Å²) in [7, 11) is 0. The van der Waals surface area contributed by atoms with Gasteiger partial charge in [0.1, 0.15) is 0 Å². The van der Waals surface area contributed by atoms with E-state index in [0.717, 1.165) is 35.2 Å². The molecule has 4 heteroatoms. The molecule has 0 aliphatic carbocycles. The second kappa shape index (κ2) is 7.24. The molecule has 2 N–H and O–H groups in total. The van der Waals surface area contributed by atoms with E-state index in [2.05, 4.69) is 47.2 Å². The second-order valence-electron chi connectivity index (χ2n) is 7.05. The number of H-pyrrole nitrogens is 1. The Hall–Kier alpha value is -2.75. The van der Waals surface area contributed by atoms with Gasteiger partial charge in [-0.1, -0.05) is 18.2 Å². The van der Waals surface area contributed by atoms with Crippen molar-refractivity contribution in [3.63, 3.8) is 0 Å². The smallest absolute Gasteiger partial charge is 0.234 e. The molecule has 26 heavy (non-hydrogen) atoms. The number of anilines is 2. The van der Waals surface area contributed by atoms with Gasteiger partial charge in [-0.25, -0.2) is 0 Å². The minimum atomic E-state index is -0.642. The Bertz CT molecular complexity index is 889. The Kier molecular flexibility index (Phi) is 5.03. The van der Waals surface area contributed by atoms with Crippen LogP contribution in [0.3, 0.4) is 0 Å². The Morgan fingerprint density at radius 3 is 2.35 bits per heavy atom. The van der Waals surface area contributed by atoms with E-state index >= 15 is 0 Å². The summed E-state index contributed by atoms with van der Waals surface area (Å²) in [5.41, 5.74) is 3.40. The van der Waals surface area contributed by atoms with Crippen molar-refractivity contribution in [2.45, 2.75) is 33.1 Å². The lowest BCUT2D eigenvalue weighted by Gasteiger charge is -2.24. The fourth-order valence-corrected chi connectivity index (χ4v) is 3.34. The zero-order valence-corrected chi connectivity index (χ0v) is 16.0. The zero-order chi connectivity index (χ0) is 18.7. The van der Waals surface area contributed by atoms with E-state index in [1.54, 1.807) is 0 Å². The highest BCUT2D eigenvalue weighted by Crippen LogP contribution is 2.31. The fourth-order valence-electron chi connectivity index (χ4n) is 3.34. The number of aromatic amines is 1. The van der Waals surface area contributed by atoms with Crippen LogP contribution in [0.5, 0.6) is 0 Å². The summed E-state index contributed by atoms with van der Waals surface area (Å²) in [6.07, 6.45) is 1.94. The molecule has 0 aliphatic heterocycles. The van der Waals surface area contributed by atoms with Gasteiger partial charge in [0, 0.05) is 41.6 Å². The Labute approximate surface area is 155 Å². The molecular formula is C22H27N3O. The molecule has 3 rings (SSSR count). The Morgan fingerprint density at radius 1 is 1.04 bits per heavy atom. The summed E-state index contributed by atoms with van der Waals surface area (Å²) < 4.78 is 0. The molecule has 136 valence electrons. The largest absolute Gasteiger partial charge is 0.372 e. The maximum atomic E-state index is 13.0. The lowest BCUT2D eigenvalue weighted by molar-refractivity contribution is -0.120. The third-order valence-electron chi connectivity index (χ3n) is 5.08. The van der Waals surface area contributed by atoms with Gasteiger partial charge in [-0.05, 0) is 63.6 Å². The average molecular weight is 349 g/mol. The SMILES string of the molecule is CCN(CC)c1ccc(NC(=O)C(C)(C)c2c[nH]c3ccccc23)cc1. The highest BCUT2D eigenvalue weighted by atomic mass is 16.2. The molecular weight excluding hydrogens is 322 g/mol. The standard InChI is InChI=1S/C22H27N3O/c1-5-25(6-2)17-13-11-16(12-14-17)24-21(26)22(3,4)19-15-23-20-10-8-7-9-18(19)20/h7-15,23H,5-6H2,1-4H3,(H,24,26). The molecule has 1 amide bonds. The number of hydrogen-bond acceptors (Lipinski definition) is 2. The number of para-hydroxylation sites is 1. The fraction of sp³-hybridized carbons (Fsp3) is 0.318. The van der Waals surface area contributed by atoms with Gasteiger partial charge >= 0.3 is 0 Å². The summed E-state index contributed by atoms with van der Waals surface area (Å²) in [6.45, 7) is 10.1. The van der Waals surface area contributed by atoms with E-state index in [4.69, 9.17) is 0 Å². The van der Waals surface area contributed by atoms with Gasteiger partial charge in [-0.15, -0.1) is 0 Å². The van der Waals surface area contributed by atoms with Crippen LogP contribution in [0.15, 0.2) is 54.7 Å². The summed E-state index contributed by atoms with van der Waals surface area (Å²) >= 11 is 0. The lowest BCUT2D eigenvalue weighted by Crippen LogP contribution is -2.34. The number of nitrogens with zero attached hydrogens (tertiary/aromatic N) is 1. The van der Waals surface area contributed by atoms with Crippen molar-refractivity contribution in [2.24, 2.45) is 0 Å². The van der Waals surface area contributed by atoms with Crippen LogP contribution in [0.2, 0.25) is 0 Å². The van der Waals surface area contributed by atoms with Gasteiger partial charge in [-0.3, -0.25) is 4.79 Å². The van der Waals surface area contributed by atoms with Crippen molar-refractivity contribution in [1.29, 1.82) is 0 Å². The molecule has 3 aromatic rings. The summed E-state index contributed by atoms with van der Waals surface area (Å²) in [6, 6.07) is 16.1. The number of nitrogens with one attached hydrogen (secondary N) is 2. The van der Waals surface area contributed by atoms with Crippen molar-refractivity contribution in [1.82, 2.24) is 4.98 Å². The maximum absolute atomic E-state index is 13.0. The van der Waals surface area contributed by atoms with E-state index in [0.29, 0.717) is 0 Å². The molecule has 0 bridgehead atoms. The predicted octanol–water partition coefficient (Wildman–Crippen LogP) is 4.93. The first-order chi connectivity index (χ1) is 12.5. The first-order valence-corrected chi connectivity index (χ1v) is 9.20. The van der Waals surface area contributed by atoms with Crippen LogP contribution >= 0.6 is 0 Å². The van der Waals surface area contributed by atoms with Crippen molar-refractivity contribution < 1.29 is 4.79 Å². The number of carbonyl (C=O) groups excluding carboxylic acids is 1. The van der Waals surface area contributed by atoms with Crippen LogP contribution in [-0.2, 0) is 10.2 Å². The molecule has 2 aromatic carbocycles. The van der Waals surface area contributed by atoms with Crippen LogP contribution in [-0.4, -0.2) is 24.0 Å². The molecule has 1 aromatic heterocycles. The quantitative estimate of drug-likeness (QED) is 0.663. The first-order valence-electron chi connectivity index (χ1n) is 9.20. The van der Waals surface area contributed by atoms with Crippen LogP contribution < -0.4 is 10.2 Å². The molecule has 1 heterocycles. The number of carbonyl (C=O) groups is 1. The van der Waals surface area contributed by atoms with E-state index in [1.165, 1.54) is 5.69 Å². The minimum Gasteiger partial charge on any atom is -0.372 e. The number of aromatic nitrogens is 1. The van der Waals surface area contributed by atoms with Crippen LogP contribution in [0.1, 0.15) is 33.3 Å². The molecule has 0 aliphatic rings. The topological polar surface area (TPSA) is 48.1 Å². The average Bonchev–Trinajstić information content (AvgIpc) is 3.09. The van der Waals surface area contributed by atoms with Crippen molar-refractivity contribution >= 4 is 28.2 Å². The zero-order valence-electron chi connectivity index (χ0n) is 16.0. The maximum Gasteiger partial charge on any atom is 0.234 e. The third-order valence-corrected chi connectivity index (χ3v) is 5.08. The number of benzene rings is 2. The molecule has 0 spiro atoms. The molecule has 0 radical (unpaired) electrons. The molecule has 4 nitrogen and oxygen atoms in total. The normalized spacial score (nSPS) is 11.5. The number of amides is 1. The summed E-state index contributed by atoms with van der Waals surface area (Å²) in [5.74, 6) is -0.0159. The van der Waals surface area contributed by atoms with Crippen LogP contribution in [0, 0.1) is 0 Å². The molecule has 0 saturated carbocycles. The number of hydrogen-bond donors (Lipinski definition) is 2. The second-order valence-corrected chi connectivity index (χ2v) is 7.05. The van der Waals surface area contributed by atoms with Gasteiger partial charge in [0.25, 0.3) is 0 Å². The number of fused-ring (bicyclic) bond motifs is 1. The van der Waals surface area contributed by atoms with Gasteiger partial charge in [0.15, 0.2) is 0 Å². The Morgan fingerprint density at radius 2 is 1.69 bits per heavy atom. The van der Waals surface area contributed by atoms with Gasteiger partial charge in [0.2, 0.25) is 5.91 Å². The number of rotatable bonds is 6. The lowest BCUT2D eigenvalue weighted by atomic mass is 9.83. The van der Waals surface area contributed by atoms with Crippen LogP contribution in [0.4, 0.5) is 11.4 Å². The predicted molar refractivity (Wildman–Crippen MR) is 110 cm³/mol. The van der Waals surface area contributed by atoms with Crippen molar-refractivity contribution in [3.8, 4) is 0 Å².